The number of nitrogens with two attached hydrogens (primary N) is 1. The van der Waals surface area contributed by atoms with Gasteiger partial charge in [-0.25, -0.2) is 0 Å². The van der Waals surface area contributed by atoms with Gasteiger partial charge in [0.15, 0.2) is 0 Å². The van der Waals surface area contributed by atoms with Gasteiger partial charge in [0.1, 0.15) is 0 Å². The Morgan fingerprint density at radius 2 is 2.00 bits per heavy atom. The molecular weight excluding hydrogens is 224 g/mol. The molecule has 0 spiro atoms. The molecule has 0 saturated carbocycles. The highest BCUT2D eigenvalue weighted by Gasteiger charge is 2.06. The molecule has 0 aliphatic rings. The number of rotatable bonds is 8. The molecule has 1 aromatic rings. The van der Waals surface area contributed by atoms with E-state index < -0.39 is 0 Å². The number of hydrogen-bond donors (Lipinski definition) is 2. The fourth-order valence-corrected chi connectivity index (χ4v) is 1.94. The van der Waals surface area contributed by atoms with Crippen molar-refractivity contribution in [2.75, 3.05) is 6.54 Å². The largest absolute Gasteiger partial charge is 0.354 e. The van der Waals surface area contributed by atoms with Crippen LogP contribution in [0.25, 0.3) is 0 Å². The number of nitrogens with one attached hydrogen (secondary N) is 1. The summed E-state index contributed by atoms with van der Waals surface area (Å²) in [5.74, 6) is 0.149. The van der Waals surface area contributed by atoms with Gasteiger partial charge in [-0.2, -0.15) is 0 Å². The van der Waals surface area contributed by atoms with Crippen molar-refractivity contribution in [3.05, 3.63) is 35.9 Å². The molecule has 1 atom stereocenters. The highest BCUT2D eigenvalue weighted by molar-refractivity contribution is 5.76. The lowest BCUT2D eigenvalue weighted by atomic mass is 10.1. The lowest BCUT2D eigenvalue weighted by Gasteiger charge is -2.13. The molecule has 0 fully saturated rings. The number of aryl methyl sites for hydroxylation is 1. The number of carbonyl (C=O) groups is 1. The monoisotopic (exact) mass is 248 g/mol. The SMILES string of the molecule is CC(CCCN)NC(=O)CCCc1ccccc1. The van der Waals surface area contributed by atoms with Crippen molar-refractivity contribution in [3.63, 3.8) is 0 Å². The van der Waals surface area contributed by atoms with Crippen LogP contribution in [-0.2, 0) is 11.2 Å². The average Bonchev–Trinajstić information content (AvgIpc) is 2.37. The molecule has 3 heteroatoms. The van der Waals surface area contributed by atoms with Gasteiger partial charge in [0.2, 0.25) is 5.91 Å². The van der Waals surface area contributed by atoms with Crippen LogP contribution in [0.3, 0.4) is 0 Å². The van der Waals surface area contributed by atoms with Gasteiger partial charge in [-0.15, -0.1) is 0 Å². The fourth-order valence-electron chi connectivity index (χ4n) is 1.94. The van der Waals surface area contributed by atoms with Crippen molar-refractivity contribution in [1.29, 1.82) is 0 Å². The van der Waals surface area contributed by atoms with E-state index in [4.69, 9.17) is 5.73 Å². The molecule has 0 saturated heterocycles. The van der Waals surface area contributed by atoms with E-state index in [0.29, 0.717) is 13.0 Å². The number of amides is 1. The van der Waals surface area contributed by atoms with Gasteiger partial charge in [0.25, 0.3) is 0 Å². The standard InChI is InChI=1S/C15H24N2O/c1-13(7-6-12-16)17-15(18)11-5-10-14-8-3-2-4-9-14/h2-4,8-9,13H,5-7,10-12,16H2,1H3,(H,17,18). The Morgan fingerprint density at radius 1 is 1.28 bits per heavy atom. The van der Waals surface area contributed by atoms with Crippen LogP contribution in [0.5, 0.6) is 0 Å². The van der Waals surface area contributed by atoms with E-state index in [1.807, 2.05) is 25.1 Å². The van der Waals surface area contributed by atoms with Gasteiger partial charge in [-0.05, 0) is 44.7 Å². The number of benzene rings is 1. The number of hydrogen-bond acceptors (Lipinski definition) is 2. The Morgan fingerprint density at radius 3 is 2.67 bits per heavy atom. The quantitative estimate of drug-likeness (QED) is 0.741. The molecule has 100 valence electrons. The molecule has 0 aromatic heterocycles. The van der Waals surface area contributed by atoms with E-state index in [-0.39, 0.29) is 11.9 Å². The minimum absolute atomic E-state index is 0.149. The van der Waals surface area contributed by atoms with Crippen LogP contribution in [0.1, 0.15) is 38.2 Å². The molecule has 1 rings (SSSR count). The van der Waals surface area contributed by atoms with Gasteiger partial charge >= 0.3 is 0 Å². The Kier molecular flexibility index (Phi) is 7.11. The zero-order chi connectivity index (χ0) is 13.2. The van der Waals surface area contributed by atoms with Crippen LogP contribution >= 0.6 is 0 Å². The lowest BCUT2D eigenvalue weighted by molar-refractivity contribution is -0.121. The molecule has 18 heavy (non-hydrogen) atoms. The van der Waals surface area contributed by atoms with Crippen LogP contribution in [-0.4, -0.2) is 18.5 Å². The van der Waals surface area contributed by atoms with E-state index in [1.165, 1.54) is 5.56 Å². The predicted octanol–water partition coefficient (Wildman–Crippen LogP) is 2.25. The Labute approximate surface area is 110 Å². The van der Waals surface area contributed by atoms with Gasteiger partial charge in [0, 0.05) is 12.5 Å². The van der Waals surface area contributed by atoms with Crippen molar-refractivity contribution in [2.24, 2.45) is 5.73 Å². The zero-order valence-electron chi connectivity index (χ0n) is 11.2. The molecule has 0 bridgehead atoms. The summed E-state index contributed by atoms with van der Waals surface area (Å²) < 4.78 is 0. The molecule has 1 aromatic carbocycles. The topological polar surface area (TPSA) is 55.1 Å². The van der Waals surface area contributed by atoms with Gasteiger partial charge < -0.3 is 11.1 Å². The van der Waals surface area contributed by atoms with Crippen molar-refractivity contribution in [1.82, 2.24) is 5.32 Å². The van der Waals surface area contributed by atoms with E-state index >= 15 is 0 Å². The maximum Gasteiger partial charge on any atom is 0.220 e. The first-order valence-corrected chi connectivity index (χ1v) is 6.75. The molecule has 0 heterocycles. The second kappa shape index (κ2) is 8.70. The van der Waals surface area contributed by atoms with E-state index in [2.05, 4.69) is 17.4 Å². The van der Waals surface area contributed by atoms with E-state index in [9.17, 15) is 4.79 Å². The third-order valence-electron chi connectivity index (χ3n) is 2.96. The van der Waals surface area contributed by atoms with Crippen LogP contribution in [0.2, 0.25) is 0 Å². The minimum Gasteiger partial charge on any atom is -0.354 e. The lowest BCUT2D eigenvalue weighted by Crippen LogP contribution is -2.32. The van der Waals surface area contributed by atoms with Crippen LogP contribution in [0.15, 0.2) is 30.3 Å². The Hall–Kier alpha value is -1.35. The van der Waals surface area contributed by atoms with Crippen molar-refractivity contribution >= 4 is 5.91 Å². The summed E-state index contributed by atoms with van der Waals surface area (Å²) in [7, 11) is 0. The van der Waals surface area contributed by atoms with Crippen LogP contribution in [0, 0.1) is 0 Å². The third-order valence-corrected chi connectivity index (χ3v) is 2.96. The molecule has 3 nitrogen and oxygen atoms in total. The molecule has 0 aliphatic heterocycles. The van der Waals surface area contributed by atoms with E-state index in [1.54, 1.807) is 0 Å². The maximum absolute atomic E-state index is 11.7. The molecule has 0 radical (unpaired) electrons. The van der Waals surface area contributed by atoms with Gasteiger partial charge in [-0.3, -0.25) is 4.79 Å². The fraction of sp³-hybridized carbons (Fsp3) is 0.533. The molecule has 1 unspecified atom stereocenters. The summed E-state index contributed by atoms with van der Waals surface area (Å²) in [5, 5.41) is 3.01. The normalized spacial score (nSPS) is 12.1. The maximum atomic E-state index is 11.7. The summed E-state index contributed by atoms with van der Waals surface area (Å²) in [4.78, 5) is 11.7. The summed E-state index contributed by atoms with van der Waals surface area (Å²) in [5.41, 5.74) is 6.73. The van der Waals surface area contributed by atoms with Gasteiger partial charge in [0.05, 0.1) is 0 Å². The first-order chi connectivity index (χ1) is 8.72. The summed E-state index contributed by atoms with van der Waals surface area (Å²) in [6.07, 6.45) is 4.39. The molecule has 3 N–H and O–H groups in total. The second-order valence-electron chi connectivity index (χ2n) is 4.74. The summed E-state index contributed by atoms with van der Waals surface area (Å²) >= 11 is 0. The van der Waals surface area contributed by atoms with Crippen molar-refractivity contribution in [2.45, 2.75) is 45.1 Å². The van der Waals surface area contributed by atoms with Crippen molar-refractivity contribution < 1.29 is 4.79 Å². The highest BCUT2D eigenvalue weighted by Crippen LogP contribution is 2.05. The Balaban J connectivity index is 2.13. The predicted molar refractivity (Wildman–Crippen MR) is 75.3 cm³/mol. The second-order valence-corrected chi connectivity index (χ2v) is 4.74. The first-order valence-electron chi connectivity index (χ1n) is 6.75. The number of carbonyl (C=O) groups excluding carboxylic acids is 1. The molecule has 0 aliphatic carbocycles. The average molecular weight is 248 g/mol. The summed E-state index contributed by atoms with van der Waals surface area (Å²) in [6, 6.07) is 10.5. The summed E-state index contributed by atoms with van der Waals surface area (Å²) in [6.45, 7) is 2.72. The first kappa shape index (κ1) is 14.7. The smallest absolute Gasteiger partial charge is 0.220 e. The molecular formula is C15H24N2O. The van der Waals surface area contributed by atoms with Crippen molar-refractivity contribution in [3.8, 4) is 0 Å². The third kappa shape index (κ3) is 6.40. The zero-order valence-corrected chi connectivity index (χ0v) is 11.2. The van der Waals surface area contributed by atoms with Crippen LogP contribution in [0.4, 0.5) is 0 Å². The minimum atomic E-state index is 0.149. The van der Waals surface area contributed by atoms with Gasteiger partial charge in [-0.1, -0.05) is 30.3 Å². The van der Waals surface area contributed by atoms with E-state index in [0.717, 1.165) is 25.7 Å². The molecule has 1 amide bonds. The Bertz CT molecular complexity index is 338. The van der Waals surface area contributed by atoms with Crippen LogP contribution < -0.4 is 11.1 Å². The highest BCUT2D eigenvalue weighted by atomic mass is 16.1.